The van der Waals surface area contributed by atoms with Crippen LogP contribution in [0.15, 0.2) is 18.2 Å². The fourth-order valence-electron chi connectivity index (χ4n) is 2.85. The molecular weight excluding hydrogens is 228 g/mol. The first-order valence-corrected chi connectivity index (χ1v) is 6.70. The summed E-state index contributed by atoms with van der Waals surface area (Å²) in [6, 6.07) is 5.66. The van der Waals surface area contributed by atoms with Gasteiger partial charge in [-0.2, -0.15) is 0 Å². The fraction of sp³-hybridized carbons (Fsp3) is 0.533. The van der Waals surface area contributed by atoms with Gasteiger partial charge in [-0.15, -0.1) is 0 Å². The Balaban J connectivity index is 1.95. The molecule has 1 aromatic rings. The molecule has 0 amide bonds. The number of carbonyl (C=O) groups is 1. The average Bonchev–Trinajstić information content (AvgIpc) is 2.34. The largest absolute Gasteiger partial charge is 0.508 e. The monoisotopic (exact) mass is 248 g/mol. The van der Waals surface area contributed by atoms with Crippen LogP contribution in [0.2, 0.25) is 0 Å². The Hall–Kier alpha value is -1.51. The Kier molecular flexibility index (Phi) is 4.24. The molecule has 0 saturated carbocycles. The van der Waals surface area contributed by atoms with E-state index in [9.17, 15) is 9.90 Å². The molecule has 3 heteroatoms. The lowest BCUT2D eigenvalue weighted by Crippen LogP contribution is -2.09. The Morgan fingerprint density at radius 1 is 1.33 bits per heavy atom. The van der Waals surface area contributed by atoms with Crippen molar-refractivity contribution in [2.24, 2.45) is 0 Å². The third-order valence-electron chi connectivity index (χ3n) is 3.76. The normalized spacial score (nSPS) is 18.3. The zero-order valence-corrected chi connectivity index (χ0v) is 10.6. The van der Waals surface area contributed by atoms with Gasteiger partial charge in [-0.05, 0) is 61.3 Å². The maximum atomic E-state index is 10.5. The summed E-state index contributed by atoms with van der Waals surface area (Å²) in [6.45, 7) is 0. The van der Waals surface area contributed by atoms with Crippen molar-refractivity contribution in [3.63, 3.8) is 0 Å². The Morgan fingerprint density at radius 3 is 2.94 bits per heavy atom. The van der Waals surface area contributed by atoms with Crippen molar-refractivity contribution in [1.82, 2.24) is 0 Å². The van der Waals surface area contributed by atoms with Gasteiger partial charge >= 0.3 is 5.97 Å². The van der Waals surface area contributed by atoms with E-state index < -0.39 is 5.97 Å². The number of unbranched alkanes of at least 4 members (excludes halogenated alkanes) is 1. The number of aryl methyl sites for hydroxylation is 1. The summed E-state index contributed by atoms with van der Waals surface area (Å²) in [5.41, 5.74) is 2.62. The van der Waals surface area contributed by atoms with Crippen LogP contribution < -0.4 is 0 Å². The predicted octanol–water partition coefficient (Wildman–Crippen LogP) is 3.46. The lowest BCUT2D eigenvalue weighted by molar-refractivity contribution is -0.137. The van der Waals surface area contributed by atoms with E-state index in [1.807, 2.05) is 12.1 Å². The number of carboxylic acid groups (broad SMARTS) is 1. The van der Waals surface area contributed by atoms with Crippen molar-refractivity contribution in [1.29, 1.82) is 0 Å². The van der Waals surface area contributed by atoms with Crippen LogP contribution in [0, 0.1) is 0 Å². The minimum atomic E-state index is -0.711. The second-order valence-corrected chi connectivity index (χ2v) is 5.11. The molecule has 0 spiro atoms. The van der Waals surface area contributed by atoms with E-state index in [-0.39, 0.29) is 6.42 Å². The molecule has 0 saturated heterocycles. The van der Waals surface area contributed by atoms with Gasteiger partial charge in [0.15, 0.2) is 0 Å². The number of benzene rings is 1. The molecule has 0 fully saturated rings. The summed E-state index contributed by atoms with van der Waals surface area (Å²) in [5.74, 6) is 0.123. The van der Waals surface area contributed by atoms with Crippen molar-refractivity contribution in [2.45, 2.75) is 50.9 Å². The third-order valence-corrected chi connectivity index (χ3v) is 3.76. The van der Waals surface area contributed by atoms with E-state index in [0.29, 0.717) is 11.7 Å². The molecule has 3 nitrogen and oxygen atoms in total. The van der Waals surface area contributed by atoms with Gasteiger partial charge in [0.05, 0.1) is 0 Å². The Bertz CT molecular complexity index is 426. The van der Waals surface area contributed by atoms with E-state index in [4.69, 9.17) is 5.11 Å². The highest BCUT2D eigenvalue weighted by molar-refractivity contribution is 5.66. The van der Waals surface area contributed by atoms with Gasteiger partial charge in [0.1, 0.15) is 5.75 Å². The van der Waals surface area contributed by atoms with Gasteiger partial charge in [0, 0.05) is 6.42 Å². The highest BCUT2D eigenvalue weighted by atomic mass is 16.4. The highest BCUT2D eigenvalue weighted by Gasteiger charge is 2.20. The van der Waals surface area contributed by atoms with Crippen molar-refractivity contribution in [3.8, 4) is 5.75 Å². The predicted molar refractivity (Wildman–Crippen MR) is 69.9 cm³/mol. The summed E-state index contributed by atoms with van der Waals surface area (Å²) >= 11 is 0. The number of hydrogen-bond donors (Lipinski definition) is 2. The zero-order chi connectivity index (χ0) is 13.0. The SMILES string of the molecule is O=C(O)CCCCC1CCCc2ccc(O)cc21. The first kappa shape index (κ1) is 12.9. The number of aromatic hydroxyl groups is 1. The van der Waals surface area contributed by atoms with Crippen molar-refractivity contribution in [3.05, 3.63) is 29.3 Å². The van der Waals surface area contributed by atoms with Gasteiger partial charge in [-0.3, -0.25) is 4.79 Å². The van der Waals surface area contributed by atoms with Gasteiger partial charge in [-0.25, -0.2) is 0 Å². The molecule has 1 aliphatic carbocycles. The minimum absolute atomic E-state index is 0.264. The number of aliphatic carboxylic acids is 1. The molecule has 2 N–H and O–H groups in total. The summed E-state index contributed by atoms with van der Waals surface area (Å²) in [5, 5.41) is 18.2. The number of phenols is 1. The number of carboxylic acids is 1. The molecule has 0 aromatic heterocycles. The second-order valence-electron chi connectivity index (χ2n) is 5.11. The Labute approximate surface area is 107 Å². The first-order chi connectivity index (χ1) is 8.66. The van der Waals surface area contributed by atoms with Crippen LogP contribution in [0.25, 0.3) is 0 Å². The number of hydrogen-bond acceptors (Lipinski definition) is 2. The van der Waals surface area contributed by atoms with Crippen LogP contribution in [-0.2, 0) is 11.2 Å². The van der Waals surface area contributed by atoms with Crippen LogP contribution in [0.3, 0.4) is 0 Å². The molecule has 1 atom stereocenters. The summed E-state index contributed by atoms with van der Waals surface area (Å²) in [7, 11) is 0. The molecule has 1 unspecified atom stereocenters. The molecule has 0 heterocycles. The van der Waals surface area contributed by atoms with Crippen molar-refractivity contribution >= 4 is 5.97 Å². The number of rotatable bonds is 5. The summed E-state index contributed by atoms with van der Waals surface area (Å²) in [4.78, 5) is 10.5. The first-order valence-electron chi connectivity index (χ1n) is 6.70. The van der Waals surface area contributed by atoms with Crippen molar-refractivity contribution < 1.29 is 15.0 Å². The number of fused-ring (bicyclic) bond motifs is 1. The fourth-order valence-corrected chi connectivity index (χ4v) is 2.85. The number of phenolic OH excluding ortho intramolecular Hbond substituents is 1. The van der Waals surface area contributed by atoms with Crippen LogP contribution in [0.1, 0.15) is 55.6 Å². The maximum absolute atomic E-state index is 10.5. The molecule has 1 aromatic carbocycles. The maximum Gasteiger partial charge on any atom is 0.303 e. The standard InChI is InChI=1S/C15H20O3/c16-13-9-8-12-6-3-5-11(14(12)10-13)4-1-2-7-15(17)18/h8-11,16H,1-7H2,(H,17,18). The molecule has 98 valence electrons. The van der Waals surface area contributed by atoms with Crippen LogP contribution in [0.5, 0.6) is 5.75 Å². The third kappa shape index (κ3) is 3.25. The van der Waals surface area contributed by atoms with Gasteiger partial charge in [0.2, 0.25) is 0 Å². The lowest BCUT2D eigenvalue weighted by Gasteiger charge is -2.25. The molecule has 0 bridgehead atoms. The molecule has 0 radical (unpaired) electrons. The molecule has 2 rings (SSSR count). The average molecular weight is 248 g/mol. The lowest BCUT2D eigenvalue weighted by atomic mass is 9.80. The zero-order valence-electron chi connectivity index (χ0n) is 10.6. The van der Waals surface area contributed by atoms with E-state index in [0.717, 1.165) is 32.1 Å². The molecular formula is C15H20O3. The second kappa shape index (κ2) is 5.89. The molecule has 0 aliphatic heterocycles. The molecule has 18 heavy (non-hydrogen) atoms. The van der Waals surface area contributed by atoms with E-state index >= 15 is 0 Å². The molecule has 1 aliphatic rings. The van der Waals surface area contributed by atoms with Crippen molar-refractivity contribution in [2.75, 3.05) is 0 Å². The highest BCUT2D eigenvalue weighted by Crippen LogP contribution is 2.36. The summed E-state index contributed by atoms with van der Waals surface area (Å²) in [6.07, 6.45) is 6.45. The van der Waals surface area contributed by atoms with Gasteiger partial charge in [-0.1, -0.05) is 12.5 Å². The van der Waals surface area contributed by atoms with E-state index in [1.54, 1.807) is 6.07 Å². The van der Waals surface area contributed by atoms with E-state index in [1.165, 1.54) is 17.5 Å². The van der Waals surface area contributed by atoms with E-state index in [2.05, 4.69) is 0 Å². The van der Waals surface area contributed by atoms with Crippen LogP contribution in [0.4, 0.5) is 0 Å². The summed E-state index contributed by atoms with van der Waals surface area (Å²) < 4.78 is 0. The topological polar surface area (TPSA) is 57.5 Å². The minimum Gasteiger partial charge on any atom is -0.508 e. The van der Waals surface area contributed by atoms with Gasteiger partial charge in [0.25, 0.3) is 0 Å². The smallest absolute Gasteiger partial charge is 0.303 e. The quantitative estimate of drug-likeness (QED) is 0.784. The Morgan fingerprint density at radius 2 is 2.17 bits per heavy atom. The van der Waals surface area contributed by atoms with Crippen LogP contribution in [-0.4, -0.2) is 16.2 Å². The van der Waals surface area contributed by atoms with Crippen LogP contribution >= 0.6 is 0 Å². The van der Waals surface area contributed by atoms with Gasteiger partial charge < -0.3 is 10.2 Å².